The molecule has 0 aliphatic heterocycles. The second kappa shape index (κ2) is 11.2. The molecule has 40 heavy (non-hydrogen) atoms. The van der Waals surface area contributed by atoms with Gasteiger partial charge in [0.15, 0.2) is 0 Å². The molecular weight excluding hydrogens is 675 g/mol. The number of hydrogen-bond donors (Lipinski definition) is 1. The Morgan fingerprint density at radius 2 is 1.55 bits per heavy atom. The van der Waals surface area contributed by atoms with E-state index in [-0.39, 0.29) is 32.2 Å². The van der Waals surface area contributed by atoms with Gasteiger partial charge < -0.3 is 9.52 Å². The number of pyridine rings is 1. The molecule has 4 aromatic carbocycles. The number of nitrogens with zero attached hydrogens (tertiary/aromatic N) is 2. The number of para-hydroxylation sites is 2. The quantitative estimate of drug-likeness (QED) is 0.183. The summed E-state index contributed by atoms with van der Waals surface area (Å²) in [5.41, 5.74) is 9.23. The van der Waals surface area contributed by atoms with Crippen LogP contribution in [0.5, 0.6) is 5.75 Å². The van der Waals surface area contributed by atoms with E-state index in [1.807, 2.05) is 36.5 Å². The average molecular weight is 705 g/mol. The largest absolute Gasteiger partial charge is 0.507 e. The predicted molar refractivity (Wildman–Crippen MR) is 157 cm³/mol. The van der Waals surface area contributed by atoms with Crippen molar-refractivity contribution in [2.75, 3.05) is 0 Å². The van der Waals surface area contributed by atoms with E-state index in [1.54, 1.807) is 18.2 Å². The molecule has 0 spiro atoms. The molecular formula is C35H29N2O2Pt-. The molecule has 1 N–H and O–H groups in total. The fourth-order valence-corrected chi connectivity index (χ4v) is 4.79. The van der Waals surface area contributed by atoms with Crippen LogP contribution in [0.25, 0.3) is 44.9 Å². The topological polar surface area (TPSA) is 59.2 Å². The number of aromatic nitrogens is 2. The van der Waals surface area contributed by atoms with Crippen molar-refractivity contribution in [3.8, 4) is 39.6 Å². The van der Waals surface area contributed by atoms with Crippen LogP contribution < -0.4 is 0 Å². The summed E-state index contributed by atoms with van der Waals surface area (Å²) in [4.78, 5) is 9.66. The molecule has 0 unspecified atom stereocenters. The first kappa shape index (κ1) is 27.6. The third-order valence-electron chi connectivity index (χ3n) is 7.00. The van der Waals surface area contributed by atoms with Gasteiger partial charge in [0.05, 0.1) is 11.1 Å². The average Bonchev–Trinajstić information content (AvgIpc) is 3.38. The van der Waals surface area contributed by atoms with Gasteiger partial charge in [-0.1, -0.05) is 104 Å². The Labute approximate surface area is 249 Å². The predicted octanol–water partition coefficient (Wildman–Crippen LogP) is 8.62. The van der Waals surface area contributed by atoms with Gasteiger partial charge in [0.2, 0.25) is 5.89 Å². The van der Waals surface area contributed by atoms with Gasteiger partial charge in [-0.05, 0) is 35.6 Å². The first-order valence-electron chi connectivity index (χ1n) is 13.1. The molecule has 0 saturated carbocycles. The van der Waals surface area contributed by atoms with Gasteiger partial charge in [0, 0.05) is 33.0 Å². The summed E-state index contributed by atoms with van der Waals surface area (Å²) in [7, 11) is 0. The van der Waals surface area contributed by atoms with E-state index in [4.69, 9.17) is 14.4 Å². The summed E-state index contributed by atoms with van der Waals surface area (Å²) in [6.07, 6.45) is 2.75. The van der Waals surface area contributed by atoms with Crippen molar-refractivity contribution in [2.24, 2.45) is 0 Å². The molecule has 0 bridgehead atoms. The fourth-order valence-electron chi connectivity index (χ4n) is 4.79. The molecule has 0 amide bonds. The molecule has 2 aromatic heterocycles. The molecule has 202 valence electrons. The second-order valence-corrected chi connectivity index (χ2v) is 10.8. The summed E-state index contributed by atoms with van der Waals surface area (Å²) in [5, 5.41) is 10.3. The third kappa shape index (κ3) is 5.50. The summed E-state index contributed by atoms with van der Waals surface area (Å²) in [5.74, 6) is 0.519. The number of hydrogen-bond acceptors (Lipinski definition) is 4. The SMILES string of the molecule is CC(C)(C)c1ccc(-c2[c-]c(-c3cccc4oc(-c5ccccc5O)nc34)ccc2Cc2ccccc2)nc1.[Pt]. The maximum Gasteiger partial charge on any atom is 0.230 e. The normalized spacial score (nSPS) is 11.4. The van der Waals surface area contributed by atoms with Crippen molar-refractivity contribution >= 4 is 11.1 Å². The van der Waals surface area contributed by atoms with E-state index in [1.165, 1.54) is 11.1 Å². The van der Waals surface area contributed by atoms with Gasteiger partial charge in [-0.2, -0.15) is 0 Å². The van der Waals surface area contributed by atoms with Crippen LogP contribution in [0.4, 0.5) is 0 Å². The van der Waals surface area contributed by atoms with Crippen molar-refractivity contribution in [1.29, 1.82) is 0 Å². The Balaban J connectivity index is 0.00000323. The Kier molecular flexibility index (Phi) is 7.74. The molecule has 0 radical (unpaired) electrons. The van der Waals surface area contributed by atoms with E-state index in [2.05, 4.69) is 75.4 Å². The Hall–Kier alpha value is -4.01. The van der Waals surface area contributed by atoms with Crippen molar-refractivity contribution < 1.29 is 30.6 Å². The molecule has 5 heteroatoms. The maximum absolute atomic E-state index is 10.3. The molecule has 6 aromatic rings. The van der Waals surface area contributed by atoms with Gasteiger partial charge >= 0.3 is 0 Å². The number of phenols is 1. The molecule has 6 rings (SSSR count). The minimum absolute atomic E-state index is 0. The summed E-state index contributed by atoms with van der Waals surface area (Å²) in [6, 6.07) is 35.6. The molecule has 0 fully saturated rings. The van der Waals surface area contributed by atoms with Crippen LogP contribution in [0.3, 0.4) is 0 Å². The first-order chi connectivity index (χ1) is 18.9. The van der Waals surface area contributed by atoms with E-state index in [9.17, 15) is 5.11 Å². The minimum atomic E-state index is 0. The zero-order valence-electron chi connectivity index (χ0n) is 22.6. The molecule has 4 nitrogen and oxygen atoms in total. The number of phenolic OH excluding ortho intramolecular Hbond substituents is 1. The van der Waals surface area contributed by atoms with Crippen LogP contribution in [0.15, 0.2) is 108 Å². The van der Waals surface area contributed by atoms with Crippen LogP contribution in [0.2, 0.25) is 0 Å². The number of aromatic hydroxyl groups is 1. The van der Waals surface area contributed by atoms with Crippen molar-refractivity contribution in [2.45, 2.75) is 32.6 Å². The van der Waals surface area contributed by atoms with Gasteiger partial charge in [-0.15, -0.1) is 29.3 Å². The molecule has 0 aliphatic carbocycles. The summed E-state index contributed by atoms with van der Waals surface area (Å²) < 4.78 is 6.06. The number of rotatable bonds is 5. The van der Waals surface area contributed by atoms with Crippen LogP contribution in [-0.4, -0.2) is 15.1 Å². The number of benzene rings is 4. The van der Waals surface area contributed by atoms with E-state index in [0.717, 1.165) is 39.9 Å². The van der Waals surface area contributed by atoms with Crippen molar-refractivity contribution in [1.82, 2.24) is 9.97 Å². The fraction of sp³-hybridized carbons (Fsp3) is 0.143. The summed E-state index contributed by atoms with van der Waals surface area (Å²) in [6.45, 7) is 6.58. The molecule has 0 saturated heterocycles. The van der Waals surface area contributed by atoms with Crippen LogP contribution in [0, 0.1) is 6.07 Å². The zero-order chi connectivity index (χ0) is 27.0. The smallest absolute Gasteiger partial charge is 0.230 e. The summed E-state index contributed by atoms with van der Waals surface area (Å²) >= 11 is 0. The molecule has 0 aliphatic rings. The van der Waals surface area contributed by atoms with E-state index >= 15 is 0 Å². The Morgan fingerprint density at radius 3 is 2.27 bits per heavy atom. The van der Waals surface area contributed by atoms with Gasteiger partial charge in [-0.25, -0.2) is 4.98 Å². The standard InChI is InChI=1S/C35H29N2O2.Pt/c1-35(2,3)26-18-19-30(36-22-26)29-21-25(17-16-24(29)20-23-10-5-4-6-11-23)27-13-9-15-32-33(27)37-34(39-32)28-12-7-8-14-31(28)38;/h4-19,22,38H,20H2,1-3H3;/q-1;. The molecule has 0 atom stereocenters. The first-order valence-corrected chi connectivity index (χ1v) is 13.1. The van der Waals surface area contributed by atoms with Gasteiger partial charge in [0.25, 0.3) is 0 Å². The van der Waals surface area contributed by atoms with Crippen LogP contribution in [0.1, 0.15) is 37.5 Å². The Morgan fingerprint density at radius 1 is 0.800 bits per heavy atom. The van der Waals surface area contributed by atoms with Crippen LogP contribution in [-0.2, 0) is 32.9 Å². The van der Waals surface area contributed by atoms with Gasteiger partial charge in [0.1, 0.15) is 11.3 Å². The van der Waals surface area contributed by atoms with E-state index in [0.29, 0.717) is 17.0 Å². The van der Waals surface area contributed by atoms with Crippen LogP contribution >= 0.6 is 0 Å². The minimum Gasteiger partial charge on any atom is -0.507 e. The zero-order valence-corrected chi connectivity index (χ0v) is 24.9. The van der Waals surface area contributed by atoms with Gasteiger partial charge in [-0.3, -0.25) is 4.98 Å². The number of oxazole rings is 1. The second-order valence-electron chi connectivity index (χ2n) is 10.8. The maximum atomic E-state index is 10.3. The van der Waals surface area contributed by atoms with Crippen molar-refractivity contribution in [3.63, 3.8) is 0 Å². The Bertz CT molecular complexity index is 1770. The van der Waals surface area contributed by atoms with Crippen molar-refractivity contribution in [3.05, 3.63) is 126 Å². The third-order valence-corrected chi connectivity index (χ3v) is 7.00. The molecule has 2 heterocycles. The van der Waals surface area contributed by atoms with E-state index < -0.39 is 0 Å². The number of fused-ring (bicyclic) bond motifs is 1. The monoisotopic (exact) mass is 704 g/mol.